The van der Waals surface area contributed by atoms with Crippen LogP contribution in [0.3, 0.4) is 0 Å². The Bertz CT molecular complexity index is 1320. The highest BCUT2D eigenvalue weighted by molar-refractivity contribution is 6.32. The topological polar surface area (TPSA) is 85.3 Å². The van der Waals surface area contributed by atoms with Gasteiger partial charge in [-0.3, -0.25) is 4.98 Å². The number of hydrogen-bond donors (Lipinski definition) is 1. The molecule has 4 aromatic rings. The summed E-state index contributed by atoms with van der Waals surface area (Å²) in [5.74, 6) is 2.07. The summed E-state index contributed by atoms with van der Waals surface area (Å²) in [5, 5.41) is 4.75. The first-order valence-electron chi connectivity index (χ1n) is 10.7. The normalized spacial score (nSPS) is 13.0. The lowest BCUT2D eigenvalue weighted by Crippen LogP contribution is -2.28. The van der Waals surface area contributed by atoms with E-state index in [4.69, 9.17) is 31.0 Å². The summed E-state index contributed by atoms with van der Waals surface area (Å²) >= 11 is 6.34. The van der Waals surface area contributed by atoms with Gasteiger partial charge in [0, 0.05) is 25.5 Å². The second-order valence-corrected chi connectivity index (χ2v) is 8.01. The van der Waals surface area contributed by atoms with Crippen LogP contribution in [0.4, 0.5) is 17.2 Å². The molecular formula is C24H23ClN6O2. The smallest absolute Gasteiger partial charge is 0.165 e. The predicted molar refractivity (Wildman–Crippen MR) is 129 cm³/mol. The Morgan fingerprint density at radius 1 is 1.15 bits per heavy atom. The summed E-state index contributed by atoms with van der Waals surface area (Å²) in [6.07, 6.45) is 1.69. The minimum absolute atomic E-state index is 0.290. The van der Waals surface area contributed by atoms with Crippen LogP contribution in [0.25, 0.3) is 22.4 Å². The highest BCUT2D eigenvalue weighted by Gasteiger charge is 2.17. The van der Waals surface area contributed by atoms with Gasteiger partial charge in [-0.05, 0) is 49.4 Å². The average molecular weight is 463 g/mol. The highest BCUT2D eigenvalue weighted by Crippen LogP contribution is 2.35. The number of nitrogens with one attached hydrogen (secondary N) is 1. The molecule has 0 aliphatic carbocycles. The second-order valence-electron chi connectivity index (χ2n) is 7.60. The van der Waals surface area contributed by atoms with Crippen LogP contribution in [0.1, 0.15) is 12.7 Å². The van der Waals surface area contributed by atoms with Gasteiger partial charge in [-0.2, -0.15) is 0 Å². The Balaban J connectivity index is 1.57. The third kappa shape index (κ3) is 4.40. The Morgan fingerprint density at radius 2 is 2.06 bits per heavy atom. The molecule has 0 saturated carbocycles. The van der Waals surface area contributed by atoms with Crippen molar-refractivity contribution in [2.24, 2.45) is 0 Å². The average Bonchev–Trinajstić information content (AvgIpc) is 2.83. The molecule has 0 bridgehead atoms. The van der Waals surface area contributed by atoms with Crippen molar-refractivity contribution in [2.45, 2.75) is 13.5 Å². The molecule has 5 rings (SSSR count). The molecule has 0 radical (unpaired) electrons. The van der Waals surface area contributed by atoms with E-state index in [1.807, 2.05) is 31.2 Å². The lowest BCUT2D eigenvalue weighted by atomic mass is 10.2. The Morgan fingerprint density at radius 3 is 2.91 bits per heavy atom. The van der Waals surface area contributed by atoms with E-state index in [2.05, 4.69) is 33.3 Å². The Hall–Kier alpha value is -3.49. The molecule has 0 fully saturated rings. The molecule has 1 aliphatic rings. The maximum absolute atomic E-state index is 6.34. The molecule has 3 aromatic heterocycles. The summed E-state index contributed by atoms with van der Waals surface area (Å²) in [4.78, 5) is 20.6. The van der Waals surface area contributed by atoms with Gasteiger partial charge in [0.2, 0.25) is 0 Å². The molecule has 0 spiro atoms. The van der Waals surface area contributed by atoms with E-state index in [1.165, 1.54) is 0 Å². The number of benzene rings is 1. The van der Waals surface area contributed by atoms with Crippen LogP contribution in [0.15, 0.2) is 48.7 Å². The number of halogens is 1. The van der Waals surface area contributed by atoms with E-state index in [0.717, 1.165) is 29.1 Å². The fraction of sp³-hybridized carbons (Fsp3) is 0.250. The maximum atomic E-state index is 6.34. The summed E-state index contributed by atoms with van der Waals surface area (Å²) in [6, 6.07) is 13.4. The van der Waals surface area contributed by atoms with Gasteiger partial charge in [0.1, 0.15) is 30.5 Å². The molecule has 1 aliphatic heterocycles. The zero-order valence-corrected chi connectivity index (χ0v) is 19.1. The van der Waals surface area contributed by atoms with Crippen molar-refractivity contribution in [2.75, 3.05) is 37.0 Å². The minimum Gasteiger partial charge on any atom is -0.490 e. The van der Waals surface area contributed by atoms with E-state index >= 15 is 0 Å². The summed E-state index contributed by atoms with van der Waals surface area (Å²) in [5.41, 5.74) is 3.72. The van der Waals surface area contributed by atoms with Crippen LogP contribution in [0.2, 0.25) is 5.02 Å². The first-order chi connectivity index (χ1) is 16.1. The van der Waals surface area contributed by atoms with Crippen LogP contribution >= 0.6 is 11.6 Å². The van der Waals surface area contributed by atoms with Crippen LogP contribution in [-0.2, 0) is 11.3 Å². The van der Waals surface area contributed by atoms with Crippen molar-refractivity contribution in [1.82, 2.24) is 19.9 Å². The van der Waals surface area contributed by atoms with Crippen molar-refractivity contribution in [3.63, 3.8) is 0 Å². The van der Waals surface area contributed by atoms with Crippen molar-refractivity contribution < 1.29 is 9.47 Å². The molecule has 0 unspecified atom stereocenters. The van der Waals surface area contributed by atoms with E-state index in [0.29, 0.717) is 46.9 Å². The van der Waals surface area contributed by atoms with Crippen LogP contribution in [-0.4, -0.2) is 46.7 Å². The van der Waals surface area contributed by atoms with Gasteiger partial charge in [-0.15, -0.1) is 0 Å². The van der Waals surface area contributed by atoms with E-state index in [9.17, 15) is 0 Å². The third-order valence-electron chi connectivity index (χ3n) is 5.36. The molecule has 1 aromatic carbocycles. The summed E-state index contributed by atoms with van der Waals surface area (Å²) in [7, 11) is 2.06. The Labute approximate surface area is 196 Å². The van der Waals surface area contributed by atoms with Gasteiger partial charge < -0.3 is 19.7 Å². The van der Waals surface area contributed by atoms with Gasteiger partial charge in [0.25, 0.3) is 0 Å². The first-order valence-corrected chi connectivity index (χ1v) is 11.1. The number of likely N-dealkylation sites (N-methyl/N-ethyl adjacent to an activating group) is 1. The molecule has 33 heavy (non-hydrogen) atoms. The number of hydrogen-bond acceptors (Lipinski definition) is 8. The molecule has 4 heterocycles. The van der Waals surface area contributed by atoms with E-state index < -0.39 is 0 Å². The quantitative estimate of drug-likeness (QED) is 0.435. The van der Waals surface area contributed by atoms with Crippen molar-refractivity contribution in [1.29, 1.82) is 0 Å². The zero-order valence-electron chi connectivity index (χ0n) is 18.4. The SMILES string of the molecule is CCOCc1nc(Nc2ccc3c(c2)N(C)CCO3)c2ccc(-c3ncccc3Cl)nc2n1. The largest absolute Gasteiger partial charge is 0.490 e. The highest BCUT2D eigenvalue weighted by atomic mass is 35.5. The monoisotopic (exact) mass is 462 g/mol. The van der Waals surface area contributed by atoms with Crippen LogP contribution < -0.4 is 15.0 Å². The standard InChI is InChI=1S/C24H23ClN6O2/c1-3-32-14-21-29-23(27-15-6-9-20-19(13-15)31(2)11-12-33-20)16-7-8-18(28-24(16)30-21)22-17(25)5-4-10-26-22/h4-10,13H,3,11-12,14H2,1-2H3,(H,27,28,29,30). The van der Waals surface area contributed by atoms with Crippen LogP contribution in [0.5, 0.6) is 5.75 Å². The lowest BCUT2D eigenvalue weighted by Gasteiger charge is -2.28. The number of ether oxygens (including phenoxy) is 2. The zero-order chi connectivity index (χ0) is 22.8. The number of anilines is 3. The molecule has 1 N–H and O–H groups in total. The van der Waals surface area contributed by atoms with Crippen molar-refractivity contribution in [3.8, 4) is 17.1 Å². The minimum atomic E-state index is 0.290. The summed E-state index contributed by atoms with van der Waals surface area (Å²) < 4.78 is 11.3. The number of nitrogens with zero attached hydrogens (tertiary/aromatic N) is 5. The van der Waals surface area contributed by atoms with Gasteiger partial charge >= 0.3 is 0 Å². The molecule has 0 saturated heterocycles. The molecule has 0 atom stereocenters. The number of fused-ring (bicyclic) bond motifs is 2. The molecule has 8 nitrogen and oxygen atoms in total. The van der Waals surface area contributed by atoms with Gasteiger partial charge in [0.05, 0.1) is 28.3 Å². The molecule has 9 heteroatoms. The van der Waals surface area contributed by atoms with E-state index in [1.54, 1.807) is 18.3 Å². The number of pyridine rings is 2. The Kier molecular flexibility index (Phi) is 5.93. The predicted octanol–water partition coefficient (Wildman–Crippen LogP) is 4.85. The number of aromatic nitrogens is 4. The number of rotatable bonds is 6. The third-order valence-corrected chi connectivity index (χ3v) is 5.66. The fourth-order valence-corrected chi connectivity index (χ4v) is 3.90. The van der Waals surface area contributed by atoms with Gasteiger partial charge in [0.15, 0.2) is 11.5 Å². The van der Waals surface area contributed by atoms with Crippen molar-refractivity contribution in [3.05, 3.63) is 59.5 Å². The molecular weight excluding hydrogens is 440 g/mol. The first kappa shape index (κ1) is 21.4. The second kappa shape index (κ2) is 9.17. The lowest BCUT2D eigenvalue weighted by molar-refractivity contribution is 0.128. The van der Waals surface area contributed by atoms with E-state index in [-0.39, 0.29) is 6.61 Å². The van der Waals surface area contributed by atoms with Gasteiger partial charge in [-0.25, -0.2) is 15.0 Å². The molecule has 0 amide bonds. The fourth-order valence-electron chi connectivity index (χ4n) is 3.68. The maximum Gasteiger partial charge on any atom is 0.165 e. The molecule has 168 valence electrons. The van der Waals surface area contributed by atoms with Crippen molar-refractivity contribution >= 4 is 39.8 Å². The van der Waals surface area contributed by atoms with Crippen LogP contribution in [0, 0.1) is 0 Å². The summed E-state index contributed by atoms with van der Waals surface area (Å²) in [6.45, 7) is 4.32. The van der Waals surface area contributed by atoms with Gasteiger partial charge in [-0.1, -0.05) is 11.6 Å².